The first-order chi connectivity index (χ1) is 19.2. The molecule has 4 atom stereocenters. The third kappa shape index (κ3) is 5.45. The van der Waals surface area contributed by atoms with Crippen LogP contribution in [0.3, 0.4) is 0 Å². The molecule has 2 N–H and O–H groups in total. The zero-order valence-electron chi connectivity index (χ0n) is 23.9. The van der Waals surface area contributed by atoms with Gasteiger partial charge in [-0.1, -0.05) is 6.92 Å². The quantitative estimate of drug-likeness (QED) is 0.457. The molecular formula is C31H39FN4O4. The second-order valence-corrected chi connectivity index (χ2v) is 11.2. The lowest BCUT2D eigenvalue weighted by Crippen LogP contribution is -2.50. The number of carbonyl (C=O) groups excluding carboxylic acids is 2. The summed E-state index contributed by atoms with van der Waals surface area (Å²) in [5, 5.41) is 6.04. The fourth-order valence-corrected chi connectivity index (χ4v) is 6.24. The summed E-state index contributed by atoms with van der Waals surface area (Å²) in [7, 11) is 1.56. The standard InChI is InChI=1S/C31H39FN4O4/c1-18-12-19(2)34-31(38)27(18)16-33-30(37)25-14-23-13-22(26-15-24(39-5)6-7-28(26)32)17-36(23)29(20(25)3)21(4)35-8-10-40-11-9-35/h6-7,13-15,17-19,21,27H,8-12,16H2,1-5H3,(H,33,37)(H,34,38). The van der Waals surface area contributed by atoms with Crippen molar-refractivity contribution < 1.29 is 23.5 Å². The highest BCUT2D eigenvalue weighted by molar-refractivity contribution is 5.97. The van der Waals surface area contributed by atoms with E-state index in [-0.39, 0.29) is 48.1 Å². The molecule has 2 saturated heterocycles. The van der Waals surface area contributed by atoms with Gasteiger partial charge in [0.25, 0.3) is 5.91 Å². The van der Waals surface area contributed by atoms with E-state index in [9.17, 15) is 14.0 Å². The Labute approximate surface area is 234 Å². The molecule has 4 heterocycles. The summed E-state index contributed by atoms with van der Waals surface area (Å²) >= 11 is 0. The molecule has 0 aliphatic carbocycles. The van der Waals surface area contributed by atoms with Crippen LogP contribution < -0.4 is 15.4 Å². The number of aromatic nitrogens is 1. The number of hydrogen-bond acceptors (Lipinski definition) is 5. The van der Waals surface area contributed by atoms with Gasteiger partial charge in [0.2, 0.25) is 5.91 Å². The summed E-state index contributed by atoms with van der Waals surface area (Å²) < 4.78 is 27.9. The number of piperidine rings is 1. The number of fused-ring (bicyclic) bond motifs is 1. The van der Waals surface area contributed by atoms with Gasteiger partial charge in [0.15, 0.2) is 0 Å². The number of methoxy groups -OCH3 is 1. The zero-order chi connectivity index (χ0) is 28.6. The Balaban J connectivity index is 1.54. The lowest BCUT2D eigenvalue weighted by Gasteiger charge is -2.34. The van der Waals surface area contributed by atoms with Crippen LogP contribution in [0.4, 0.5) is 4.39 Å². The van der Waals surface area contributed by atoms with Gasteiger partial charge < -0.3 is 24.5 Å². The maximum atomic E-state index is 14.9. The van der Waals surface area contributed by atoms with Crippen LogP contribution in [0.25, 0.3) is 16.6 Å². The number of carbonyl (C=O) groups is 2. The molecular weight excluding hydrogens is 511 g/mol. The lowest BCUT2D eigenvalue weighted by atomic mass is 9.84. The molecule has 2 amide bonds. The lowest BCUT2D eigenvalue weighted by molar-refractivity contribution is -0.129. The van der Waals surface area contributed by atoms with Crippen LogP contribution in [0.2, 0.25) is 0 Å². The third-order valence-corrected chi connectivity index (χ3v) is 8.53. The molecule has 9 heteroatoms. The minimum atomic E-state index is -0.344. The average molecular weight is 551 g/mol. The van der Waals surface area contributed by atoms with Gasteiger partial charge in [-0.3, -0.25) is 14.5 Å². The Hall–Kier alpha value is -3.43. The molecule has 40 heavy (non-hydrogen) atoms. The first-order valence-electron chi connectivity index (χ1n) is 14.1. The molecule has 1 aromatic carbocycles. The van der Waals surface area contributed by atoms with E-state index >= 15 is 0 Å². The molecule has 0 radical (unpaired) electrons. The van der Waals surface area contributed by atoms with E-state index in [0.29, 0.717) is 35.7 Å². The number of ether oxygens (including phenoxy) is 2. The van der Waals surface area contributed by atoms with Gasteiger partial charge >= 0.3 is 0 Å². The Morgan fingerprint density at radius 1 is 1.23 bits per heavy atom. The Kier molecular flexibility index (Phi) is 8.14. The van der Waals surface area contributed by atoms with Crippen LogP contribution >= 0.6 is 0 Å². The van der Waals surface area contributed by atoms with Crippen molar-refractivity contribution in [3.63, 3.8) is 0 Å². The van der Waals surface area contributed by atoms with Crippen LogP contribution in [0, 0.1) is 24.6 Å². The van der Waals surface area contributed by atoms with Gasteiger partial charge in [0.05, 0.1) is 26.2 Å². The Morgan fingerprint density at radius 2 is 1.98 bits per heavy atom. The van der Waals surface area contributed by atoms with Crippen LogP contribution in [0.1, 0.15) is 54.8 Å². The summed E-state index contributed by atoms with van der Waals surface area (Å²) in [5.41, 5.74) is 4.30. The van der Waals surface area contributed by atoms with Crippen molar-refractivity contribution >= 4 is 17.3 Å². The monoisotopic (exact) mass is 550 g/mol. The second-order valence-electron chi connectivity index (χ2n) is 11.2. The van der Waals surface area contributed by atoms with Gasteiger partial charge in [-0.2, -0.15) is 0 Å². The molecule has 2 aliphatic heterocycles. The topological polar surface area (TPSA) is 84.3 Å². The third-order valence-electron chi connectivity index (χ3n) is 8.53. The number of morpholine rings is 1. The van der Waals surface area contributed by atoms with E-state index in [0.717, 1.165) is 36.3 Å². The van der Waals surface area contributed by atoms with Crippen molar-refractivity contribution in [3.8, 4) is 16.9 Å². The van der Waals surface area contributed by atoms with Crippen molar-refractivity contribution in [2.24, 2.45) is 11.8 Å². The van der Waals surface area contributed by atoms with Gasteiger partial charge in [-0.25, -0.2) is 4.39 Å². The van der Waals surface area contributed by atoms with Crippen molar-refractivity contribution in [1.82, 2.24) is 19.9 Å². The van der Waals surface area contributed by atoms with Gasteiger partial charge in [0, 0.05) is 65.8 Å². The highest BCUT2D eigenvalue weighted by Crippen LogP contribution is 2.34. The predicted octanol–water partition coefficient (Wildman–Crippen LogP) is 4.35. The van der Waals surface area contributed by atoms with Gasteiger partial charge in [0.1, 0.15) is 11.6 Å². The summed E-state index contributed by atoms with van der Waals surface area (Å²) in [6, 6.07) is 8.58. The first-order valence-corrected chi connectivity index (χ1v) is 14.1. The Morgan fingerprint density at radius 3 is 2.67 bits per heavy atom. The molecule has 2 fully saturated rings. The van der Waals surface area contributed by atoms with E-state index in [1.54, 1.807) is 19.2 Å². The SMILES string of the molecule is COc1ccc(F)c(-c2cc3cc(C(=O)NCC4C(=O)NC(C)CC4C)c(C)c(C(C)N4CCOCC4)n3c2)c1. The number of amides is 2. The molecule has 2 aliphatic rings. The van der Waals surface area contributed by atoms with Crippen molar-refractivity contribution in [1.29, 1.82) is 0 Å². The molecule has 5 rings (SSSR count). The van der Waals surface area contributed by atoms with Gasteiger partial charge in [-0.05, 0) is 69.0 Å². The van der Waals surface area contributed by atoms with Crippen LogP contribution in [-0.4, -0.2) is 67.1 Å². The van der Waals surface area contributed by atoms with Gasteiger partial charge in [-0.15, -0.1) is 0 Å². The molecule has 0 saturated carbocycles. The van der Waals surface area contributed by atoms with E-state index < -0.39 is 0 Å². The highest BCUT2D eigenvalue weighted by Gasteiger charge is 2.33. The average Bonchev–Trinajstić information content (AvgIpc) is 3.36. The predicted molar refractivity (Wildman–Crippen MR) is 152 cm³/mol. The number of hydrogen-bond donors (Lipinski definition) is 2. The minimum absolute atomic E-state index is 0.0137. The van der Waals surface area contributed by atoms with Crippen molar-refractivity contribution in [2.45, 2.75) is 46.2 Å². The summed E-state index contributed by atoms with van der Waals surface area (Å²) in [4.78, 5) is 28.6. The highest BCUT2D eigenvalue weighted by atomic mass is 19.1. The maximum Gasteiger partial charge on any atom is 0.251 e. The molecule has 214 valence electrons. The minimum Gasteiger partial charge on any atom is -0.497 e. The number of nitrogens with one attached hydrogen (secondary N) is 2. The molecule has 2 aromatic heterocycles. The summed E-state index contributed by atoms with van der Waals surface area (Å²) in [5.74, 6) is -0.104. The van der Waals surface area contributed by atoms with Crippen LogP contribution in [0.15, 0.2) is 36.5 Å². The molecule has 3 aromatic rings. The molecule has 0 bridgehead atoms. The largest absolute Gasteiger partial charge is 0.497 e. The van der Waals surface area contributed by atoms with E-state index in [2.05, 4.69) is 33.8 Å². The maximum absolute atomic E-state index is 14.9. The van der Waals surface area contributed by atoms with E-state index in [1.807, 2.05) is 32.2 Å². The summed E-state index contributed by atoms with van der Waals surface area (Å²) in [6.45, 7) is 11.3. The molecule has 8 nitrogen and oxygen atoms in total. The number of halogens is 1. The number of nitrogens with zero attached hydrogens (tertiary/aromatic N) is 2. The zero-order valence-corrected chi connectivity index (χ0v) is 23.9. The number of benzene rings is 1. The smallest absolute Gasteiger partial charge is 0.251 e. The summed E-state index contributed by atoms with van der Waals surface area (Å²) in [6.07, 6.45) is 2.82. The van der Waals surface area contributed by atoms with Crippen LogP contribution in [0.5, 0.6) is 5.75 Å². The normalized spacial score (nSPS) is 22.6. The molecule has 4 unspecified atom stereocenters. The fraction of sp³-hybridized carbons (Fsp3) is 0.484. The fourth-order valence-electron chi connectivity index (χ4n) is 6.24. The van der Waals surface area contributed by atoms with Crippen molar-refractivity contribution in [3.05, 3.63) is 59.2 Å². The Bertz CT molecular complexity index is 1410. The second kappa shape index (κ2) is 11.6. The number of rotatable bonds is 7. The first kappa shape index (κ1) is 28.1. The molecule has 0 spiro atoms. The number of pyridine rings is 1. The van der Waals surface area contributed by atoms with E-state index in [4.69, 9.17) is 9.47 Å². The van der Waals surface area contributed by atoms with E-state index in [1.165, 1.54) is 6.07 Å². The van der Waals surface area contributed by atoms with Crippen LogP contribution in [-0.2, 0) is 9.53 Å². The van der Waals surface area contributed by atoms with Crippen molar-refractivity contribution in [2.75, 3.05) is 40.0 Å².